The molecule has 116 valence electrons. The highest BCUT2D eigenvalue weighted by Crippen LogP contribution is 2.63. The topological polar surface area (TPSA) is 55.9 Å². The maximum absolute atomic E-state index is 11.4. The summed E-state index contributed by atoms with van der Waals surface area (Å²) in [5.74, 6) is 0.343. The number of carbonyl (C=O) groups excluding carboxylic acids is 2. The average molecular weight is 292 g/mol. The maximum Gasteiger partial charge on any atom is 0.302 e. The summed E-state index contributed by atoms with van der Waals surface area (Å²) in [6.07, 6.45) is 5.52. The smallest absolute Gasteiger partial charge is 0.302 e. The average Bonchev–Trinajstić information content (AvgIpc) is 3.17. The van der Waals surface area contributed by atoms with Gasteiger partial charge in [-0.1, -0.05) is 19.9 Å². The van der Waals surface area contributed by atoms with Gasteiger partial charge < -0.3 is 9.47 Å². The molecule has 0 radical (unpaired) electrons. The largest absolute Gasteiger partial charge is 0.462 e. The number of hydrogen-bond acceptors (Lipinski definition) is 4. The second-order valence-corrected chi connectivity index (χ2v) is 7.54. The molecule has 4 nitrogen and oxygen atoms in total. The van der Waals surface area contributed by atoms with Crippen LogP contribution in [0.2, 0.25) is 0 Å². The SMILES string of the molecule is CC(=O)OC1C[C@@]2(C)O[C@@H]2CC/C(C=O)=C\[C@H]2[C@@H]1C2(C)C. The summed E-state index contributed by atoms with van der Waals surface area (Å²) in [6.45, 7) is 7.92. The Hall–Kier alpha value is -1.16. The lowest BCUT2D eigenvalue weighted by Crippen LogP contribution is -2.28. The second kappa shape index (κ2) is 4.67. The van der Waals surface area contributed by atoms with E-state index in [4.69, 9.17) is 9.47 Å². The molecule has 0 aromatic carbocycles. The van der Waals surface area contributed by atoms with Crippen LogP contribution < -0.4 is 0 Å². The summed E-state index contributed by atoms with van der Waals surface area (Å²) in [5.41, 5.74) is 0.727. The van der Waals surface area contributed by atoms with Gasteiger partial charge in [-0.2, -0.15) is 0 Å². The zero-order valence-corrected chi connectivity index (χ0v) is 13.2. The van der Waals surface area contributed by atoms with E-state index in [1.54, 1.807) is 0 Å². The Labute approximate surface area is 125 Å². The minimum absolute atomic E-state index is 0.0689. The van der Waals surface area contributed by atoms with Crippen molar-refractivity contribution in [3.63, 3.8) is 0 Å². The van der Waals surface area contributed by atoms with Crippen molar-refractivity contribution < 1.29 is 19.1 Å². The number of esters is 1. The fourth-order valence-electron chi connectivity index (χ4n) is 4.15. The van der Waals surface area contributed by atoms with Gasteiger partial charge in [0.15, 0.2) is 0 Å². The number of aldehydes is 1. The molecule has 0 spiro atoms. The van der Waals surface area contributed by atoms with Gasteiger partial charge in [0.25, 0.3) is 0 Å². The van der Waals surface area contributed by atoms with Gasteiger partial charge in [0.05, 0.1) is 11.7 Å². The Balaban J connectivity index is 1.90. The van der Waals surface area contributed by atoms with Gasteiger partial charge in [-0.05, 0) is 36.7 Å². The molecule has 3 rings (SSSR count). The molecule has 0 amide bonds. The van der Waals surface area contributed by atoms with Crippen LogP contribution in [0.5, 0.6) is 0 Å². The van der Waals surface area contributed by atoms with Gasteiger partial charge in [0.2, 0.25) is 0 Å². The zero-order chi connectivity index (χ0) is 15.4. The van der Waals surface area contributed by atoms with Crippen molar-refractivity contribution >= 4 is 12.3 Å². The van der Waals surface area contributed by atoms with Crippen LogP contribution in [0.1, 0.15) is 47.0 Å². The van der Waals surface area contributed by atoms with E-state index in [9.17, 15) is 9.59 Å². The number of carbonyl (C=O) groups is 2. The van der Waals surface area contributed by atoms with E-state index in [-0.39, 0.29) is 35.1 Å². The Kier molecular flexibility index (Phi) is 3.28. The number of rotatable bonds is 2. The number of epoxide rings is 1. The standard InChI is InChI=1S/C17H24O4/c1-10(19)20-13-8-17(4)14(21-17)6-5-11(9-18)7-12-15(13)16(12,2)3/h7,9,12-15H,5-6,8H2,1-4H3/b11-7+/t12-,13?,14+,15-,17+/m0/s1. The van der Waals surface area contributed by atoms with Crippen LogP contribution in [-0.2, 0) is 19.1 Å². The van der Waals surface area contributed by atoms with E-state index in [2.05, 4.69) is 26.8 Å². The van der Waals surface area contributed by atoms with Gasteiger partial charge in [0, 0.05) is 19.3 Å². The molecule has 3 aliphatic rings. The summed E-state index contributed by atoms with van der Waals surface area (Å²) in [6, 6.07) is 0. The number of hydrogen-bond donors (Lipinski definition) is 0. The molecule has 0 N–H and O–H groups in total. The minimum Gasteiger partial charge on any atom is -0.462 e. The third kappa shape index (κ3) is 2.54. The van der Waals surface area contributed by atoms with Crippen LogP contribution in [0.15, 0.2) is 11.6 Å². The Morgan fingerprint density at radius 3 is 2.76 bits per heavy atom. The molecule has 21 heavy (non-hydrogen) atoms. The predicted octanol–water partition coefficient (Wildman–Crippen LogP) is 2.66. The molecule has 0 bridgehead atoms. The molecule has 1 heterocycles. The highest BCUT2D eigenvalue weighted by Gasteiger charge is 2.64. The Bertz CT molecular complexity index is 507. The fourth-order valence-corrected chi connectivity index (χ4v) is 4.15. The molecule has 1 unspecified atom stereocenters. The van der Waals surface area contributed by atoms with Crippen LogP contribution in [0.3, 0.4) is 0 Å². The molecule has 1 saturated heterocycles. The maximum atomic E-state index is 11.4. The van der Waals surface area contributed by atoms with Crippen molar-refractivity contribution in [1.29, 1.82) is 0 Å². The summed E-state index contributed by atoms with van der Waals surface area (Å²) in [5, 5.41) is 0. The van der Waals surface area contributed by atoms with E-state index in [1.807, 2.05) is 0 Å². The number of fused-ring (bicyclic) bond motifs is 2. The summed E-state index contributed by atoms with van der Waals surface area (Å²) in [4.78, 5) is 22.7. The fraction of sp³-hybridized carbons (Fsp3) is 0.765. The van der Waals surface area contributed by atoms with Crippen molar-refractivity contribution in [3.05, 3.63) is 11.6 Å². The lowest BCUT2D eigenvalue weighted by molar-refractivity contribution is -0.149. The van der Waals surface area contributed by atoms with Crippen LogP contribution in [0, 0.1) is 17.3 Å². The van der Waals surface area contributed by atoms with E-state index in [0.717, 1.165) is 31.1 Å². The van der Waals surface area contributed by atoms with Crippen molar-refractivity contribution in [2.75, 3.05) is 0 Å². The first-order valence-electron chi connectivity index (χ1n) is 7.79. The lowest BCUT2D eigenvalue weighted by Gasteiger charge is -2.21. The molecular formula is C17H24O4. The van der Waals surface area contributed by atoms with E-state index < -0.39 is 0 Å². The summed E-state index contributed by atoms with van der Waals surface area (Å²) < 4.78 is 11.4. The molecule has 1 saturated carbocycles. The first kappa shape index (κ1) is 14.8. The van der Waals surface area contributed by atoms with Gasteiger partial charge in [-0.3, -0.25) is 9.59 Å². The van der Waals surface area contributed by atoms with Crippen LogP contribution in [0.4, 0.5) is 0 Å². The van der Waals surface area contributed by atoms with Crippen molar-refractivity contribution in [2.45, 2.75) is 64.8 Å². The first-order chi connectivity index (χ1) is 9.78. The van der Waals surface area contributed by atoms with Crippen molar-refractivity contribution in [3.8, 4) is 0 Å². The van der Waals surface area contributed by atoms with E-state index in [0.29, 0.717) is 5.92 Å². The third-order valence-electron chi connectivity index (χ3n) is 5.60. The summed E-state index contributed by atoms with van der Waals surface area (Å²) >= 11 is 0. The zero-order valence-electron chi connectivity index (χ0n) is 13.2. The lowest BCUT2D eigenvalue weighted by atomic mass is 9.91. The molecule has 2 fully saturated rings. The predicted molar refractivity (Wildman–Crippen MR) is 77.6 cm³/mol. The van der Waals surface area contributed by atoms with Crippen molar-refractivity contribution in [2.24, 2.45) is 17.3 Å². The Morgan fingerprint density at radius 1 is 1.43 bits per heavy atom. The van der Waals surface area contributed by atoms with Crippen LogP contribution in [-0.4, -0.2) is 30.1 Å². The minimum atomic E-state index is -0.237. The highest BCUT2D eigenvalue weighted by molar-refractivity contribution is 5.73. The van der Waals surface area contributed by atoms with Gasteiger partial charge in [-0.25, -0.2) is 0 Å². The normalized spacial score (nSPS) is 46.2. The molecular weight excluding hydrogens is 268 g/mol. The molecule has 1 aliphatic heterocycles. The van der Waals surface area contributed by atoms with Gasteiger partial charge in [-0.15, -0.1) is 0 Å². The third-order valence-corrected chi connectivity index (χ3v) is 5.60. The molecule has 5 atom stereocenters. The monoisotopic (exact) mass is 292 g/mol. The van der Waals surface area contributed by atoms with Gasteiger partial charge in [0.1, 0.15) is 12.4 Å². The van der Waals surface area contributed by atoms with E-state index in [1.165, 1.54) is 6.92 Å². The molecule has 0 aromatic rings. The molecule has 4 heteroatoms. The first-order valence-corrected chi connectivity index (χ1v) is 7.79. The van der Waals surface area contributed by atoms with Crippen LogP contribution in [0.25, 0.3) is 0 Å². The number of ether oxygens (including phenoxy) is 2. The van der Waals surface area contributed by atoms with E-state index >= 15 is 0 Å². The molecule has 0 aromatic heterocycles. The van der Waals surface area contributed by atoms with Gasteiger partial charge >= 0.3 is 5.97 Å². The molecule has 2 aliphatic carbocycles. The highest BCUT2D eigenvalue weighted by atomic mass is 16.6. The number of allylic oxidation sites excluding steroid dienone is 2. The quantitative estimate of drug-likeness (QED) is 0.446. The summed E-state index contributed by atoms with van der Waals surface area (Å²) in [7, 11) is 0. The van der Waals surface area contributed by atoms with Crippen molar-refractivity contribution in [1.82, 2.24) is 0 Å². The second-order valence-electron chi connectivity index (χ2n) is 7.54. The Morgan fingerprint density at radius 2 is 2.14 bits per heavy atom. The van der Waals surface area contributed by atoms with Crippen LogP contribution >= 0.6 is 0 Å².